The van der Waals surface area contributed by atoms with Crippen molar-refractivity contribution < 1.29 is 19.0 Å². The average molecular weight is 331 g/mol. The van der Waals surface area contributed by atoms with Crippen molar-refractivity contribution in [1.82, 2.24) is 4.90 Å². The molecule has 0 aliphatic carbocycles. The van der Waals surface area contributed by atoms with Crippen LogP contribution in [0.3, 0.4) is 0 Å². The summed E-state index contributed by atoms with van der Waals surface area (Å²) in [4.78, 5) is 19.3. The van der Waals surface area contributed by atoms with Crippen LogP contribution in [0.2, 0.25) is 0 Å². The third-order valence-corrected chi connectivity index (χ3v) is 5.43. The lowest BCUT2D eigenvalue weighted by atomic mass is 9.68. The topological polar surface area (TPSA) is 86.4 Å². The van der Waals surface area contributed by atoms with Crippen LogP contribution in [0, 0.1) is 0 Å². The van der Waals surface area contributed by atoms with Gasteiger partial charge in [-0.2, -0.15) is 0 Å². The molecule has 0 bridgehead atoms. The minimum absolute atomic E-state index is 0.185. The number of methoxy groups -OCH3 is 1. The molecular weight excluding hydrogens is 310 g/mol. The van der Waals surface area contributed by atoms with E-state index in [9.17, 15) is 4.79 Å². The van der Waals surface area contributed by atoms with Crippen LogP contribution in [-0.4, -0.2) is 49.2 Å². The first-order chi connectivity index (χ1) is 11.4. The maximum Gasteiger partial charge on any atom is 0.265 e. The van der Waals surface area contributed by atoms with E-state index in [4.69, 9.17) is 19.9 Å². The number of rotatable bonds is 1. The molecule has 0 radical (unpaired) electrons. The van der Waals surface area contributed by atoms with Gasteiger partial charge in [-0.25, -0.2) is 4.99 Å². The fourth-order valence-electron chi connectivity index (χ4n) is 4.01. The number of benzene rings is 1. The number of ether oxygens (including phenoxy) is 3. The van der Waals surface area contributed by atoms with Gasteiger partial charge in [-0.15, -0.1) is 0 Å². The van der Waals surface area contributed by atoms with E-state index in [1.165, 1.54) is 4.90 Å². The van der Waals surface area contributed by atoms with E-state index in [0.717, 1.165) is 12.8 Å². The Hall–Kier alpha value is -2.28. The molecule has 0 unspecified atom stereocenters. The van der Waals surface area contributed by atoms with Gasteiger partial charge in [-0.3, -0.25) is 9.69 Å². The van der Waals surface area contributed by atoms with E-state index >= 15 is 0 Å². The highest BCUT2D eigenvalue weighted by Crippen LogP contribution is 2.55. The van der Waals surface area contributed by atoms with Crippen LogP contribution >= 0.6 is 0 Å². The predicted octanol–water partition coefficient (Wildman–Crippen LogP) is 1.01. The Morgan fingerprint density at radius 3 is 2.92 bits per heavy atom. The van der Waals surface area contributed by atoms with E-state index in [2.05, 4.69) is 4.99 Å². The molecule has 7 nitrogen and oxygen atoms in total. The second-order valence-corrected chi connectivity index (χ2v) is 6.61. The Bertz CT molecular complexity index is 749. The standard InChI is InChI=1S/C17H21N3O4/c1-16-13(5-4-8-23-16)24-12-7-6-10(22-3)9-11(12)17(16)14(21)20(2)15(18)19-17/h6-7,9,13H,4-5,8H2,1-3H3,(H2,18,19)/t13-,16-,17+/m0/s1. The van der Waals surface area contributed by atoms with Gasteiger partial charge in [-0.1, -0.05) is 0 Å². The minimum atomic E-state index is -1.25. The Kier molecular flexibility index (Phi) is 3.09. The molecule has 128 valence electrons. The smallest absolute Gasteiger partial charge is 0.265 e. The molecule has 0 saturated carbocycles. The summed E-state index contributed by atoms with van der Waals surface area (Å²) in [6, 6.07) is 5.43. The normalized spacial score (nSPS) is 34.5. The van der Waals surface area contributed by atoms with E-state index in [-0.39, 0.29) is 18.0 Å². The van der Waals surface area contributed by atoms with Crippen LogP contribution in [0.25, 0.3) is 0 Å². The van der Waals surface area contributed by atoms with Crippen molar-refractivity contribution in [2.45, 2.75) is 37.0 Å². The van der Waals surface area contributed by atoms with Gasteiger partial charge in [0.25, 0.3) is 5.91 Å². The molecule has 1 fully saturated rings. The first-order valence-corrected chi connectivity index (χ1v) is 8.06. The molecule has 1 saturated heterocycles. The van der Waals surface area contributed by atoms with Crippen LogP contribution in [-0.2, 0) is 15.1 Å². The molecule has 2 N–H and O–H groups in total. The number of nitrogens with two attached hydrogens (primary N) is 1. The molecule has 3 atom stereocenters. The summed E-state index contributed by atoms with van der Waals surface area (Å²) in [5, 5.41) is 0. The second-order valence-electron chi connectivity index (χ2n) is 6.61. The minimum Gasteiger partial charge on any atom is -0.497 e. The lowest BCUT2D eigenvalue weighted by Crippen LogP contribution is -2.67. The van der Waals surface area contributed by atoms with E-state index in [1.54, 1.807) is 20.2 Å². The fraction of sp³-hybridized carbons (Fsp3) is 0.529. The van der Waals surface area contributed by atoms with Gasteiger partial charge < -0.3 is 19.9 Å². The highest BCUT2D eigenvalue weighted by Gasteiger charge is 2.68. The Morgan fingerprint density at radius 1 is 1.46 bits per heavy atom. The number of amides is 1. The van der Waals surface area contributed by atoms with Gasteiger partial charge in [0.1, 0.15) is 23.2 Å². The number of guanidine groups is 1. The van der Waals surface area contributed by atoms with Crippen LogP contribution < -0.4 is 15.2 Å². The zero-order valence-corrected chi connectivity index (χ0v) is 14.0. The van der Waals surface area contributed by atoms with Crippen molar-refractivity contribution in [3.8, 4) is 11.5 Å². The molecule has 1 amide bonds. The second kappa shape index (κ2) is 4.86. The van der Waals surface area contributed by atoms with Crippen molar-refractivity contribution in [3.63, 3.8) is 0 Å². The van der Waals surface area contributed by atoms with Gasteiger partial charge in [0.2, 0.25) is 5.54 Å². The highest BCUT2D eigenvalue weighted by molar-refractivity contribution is 6.08. The number of aliphatic imine (C=N–C) groups is 1. The van der Waals surface area contributed by atoms with Gasteiger partial charge in [0.15, 0.2) is 5.96 Å². The zero-order valence-electron chi connectivity index (χ0n) is 14.0. The maximum absolute atomic E-state index is 13.3. The molecule has 3 aliphatic heterocycles. The van der Waals surface area contributed by atoms with Gasteiger partial charge >= 0.3 is 0 Å². The summed E-state index contributed by atoms with van der Waals surface area (Å²) in [6.07, 6.45) is 1.42. The van der Waals surface area contributed by atoms with Crippen molar-refractivity contribution >= 4 is 11.9 Å². The van der Waals surface area contributed by atoms with Crippen LogP contribution in [0.4, 0.5) is 0 Å². The molecule has 3 aliphatic rings. The van der Waals surface area contributed by atoms with E-state index < -0.39 is 11.1 Å². The van der Waals surface area contributed by atoms with Crippen LogP contribution in [0.15, 0.2) is 23.2 Å². The number of likely N-dealkylation sites (N-methyl/N-ethyl adjacent to an activating group) is 1. The summed E-state index contributed by atoms with van der Waals surface area (Å²) in [7, 11) is 3.21. The first kappa shape index (κ1) is 15.3. The Morgan fingerprint density at radius 2 is 2.25 bits per heavy atom. The number of hydrogen-bond acceptors (Lipinski definition) is 6. The number of hydrogen-bond donors (Lipinski definition) is 1. The first-order valence-electron chi connectivity index (χ1n) is 8.06. The molecule has 0 aromatic heterocycles. The average Bonchev–Trinajstić information content (AvgIpc) is 2.82. The van der Waals surface area contributed by atoms with Crippen LogP contribution in [0.5, 0.6) is 11.5 Å². The highest BCUT2D eigenvalue weighted by atomic mass is 16.6. The van der Waals surface area contributed by atoms with Crippen molar-refractivity contribution in [1.29, 1.82) is 0 Å². The van der Waals surface area contributed by atoms with Gasteiger partial charge in [0.05, 0.1) is 7.11 Å². The summed E-state index contributed by atoms with van der Waals surface area (Å²) in [6.45, 7) is 2.46. The number of carbonyl (C=O) groups is 1. The van der Waals surface area contributed by atoms with Crippen molar-refractivity contribution in [2.24, 2.45) is 10.7 Å². The number of fused-ring (bicyclic) bond motifs is 4. The molecule has 7 heteroatoms. The zero-order chi connectivity index (χ0) is 17.1. The summed E-state index contributed by atoms with van der Waals surface area (Å²) in [5.74, 6) is 1.24. The third-order valence-electron chi connectivity index (χ3n) is 5.43. The molecular formula is C17H21N3O4. The Labute approximate surface area is 140 Å². The van der Waals surface area contributed by atoms with Crippen molar-refractivity contribution in [2.75, 3.05) is 20.8 Å². The van der Waals surface area contributed by atoms with E-state index in [1.807, 2.05) is 19.1 Å². The largest absolute Gasteiger partial charge is 0.497 e. The van der Waals surface area contributed by atoms with Gasteiger partial charge in [-0.05, 0) is 38.0 Å². The number of nitrogens with zero attached hydrogens (tertiary/aromatic N) is 2. The third kappa shape index (κ3) is 1.65. The maximum atomic E-state index is 13.3. The Balaban J connectivity index is 2.02. The van der Waals surface area contributed by atoms with E-state index in [0.29, 0.717) is 23.7 Å². The quantitative estimate of drug-likeness (QED) is 0.830. The van der Waals surface area contributed by atoms with Crippen LogP contribution in [0.1, 0.15) is 25.3 Å². The molecule has 1 spiro atoms. The summed E-state index contributed by atoms with van der Waals surface area (Å²) < 4.78 is 17.7. The lowest BCUT2D eigenvalue weighted by molar-refractivity contribution is -0.191. The summed E-state index contributed by atoms with van der Waals surface area (Å²) in [5.41, 5.74) is 4.48. The van der Waals surface area contributed by atoms with Crippen molar-refractivity contribution in [3.05, 3.63) is 23.8 Å². The van der Waals surface area contributed by atoms with Gasteiger partial charge in [0, 0.05) is 19.2 Å². The molecule has 4 rings (SSSR count). The number of carbonyl (C=O) groups excluding carboxylic acids is 1. The molecule has 1 aromatic rings. The molecule has 3 heterocycles. The fourth-order valence-corrected chi connectivity index (χ4v) is 4.01. The molecule has 1 aromatic carbocycles. The summed E-state index contributed by atoms with van der Waals surface area (Å²) >= 11 is 0. The molecule has 24 heavy (non-hydrogen) atoms. The predicted molar refractivity (Wildman–Crippen MR) is 87.1 cm³/mol. The lowest BCUT2D eigenvalue weighted by Gasteiger charge is -2.52. The SMILES string of the molecule is COc1ccc2c(c1)[C@]1(N=C(N)N(C)C1=O)[C@@]1(C)OCCC[C@@H]1O2. The monoisotopic (exact) mass is 331 g/mol.